The predicted octanol–water partition coefficient (Wildman–Crippen LogP) is 3.07. The number of carbonyl (C=O) groups excluding carboxylic acids is 2. The van der Waals surface area contributed by atoms with Gasteiger partial charge in [0, 0.05) is 25.6 Å². The molecule has 8 heteroatoms. The summed E-state index contributed by atoms with van der Waals surface area (Å²) in [6, 6.07) is 5.88. The summed E-state index contributed by atoms with van der Waals surface area (Å²) in [7, 11) is 1.61. The molecule has 1 heterocycles. The molecule has 0 N–H and O–H groups in total. The minimum atomic E-state index is -0.469. The number of benzene rings is 1. The van der Waals surface area contributed by atoms with Crippen LogP contribution >= 0.6 is 11.3 Å². The molecule has 0 aliphatic rings. The second kappa shape index (κ2) is 10.7. The van der Waals surface area contributed by atoms with Crippen molar-refractivity contribution in [1.29, 1.82) is 0 Å². The molecule has 27 heavy (non-hydrogen) atoms. The molecule has 6 nitrogen and oxygen atoms in total. The molecule has 0 radical (unpaired) electrons. The monoisotopic (exact) mass is 394 g/mol. The summed E-state index contributed by atoms with van der Waals surface area (Å²) in [5.41, 5.74) is 0.990. The highest BCUT2D eigenvalue weighted by Crippen LogP contribution is 2.15. The van der Waals surface area contributed by atoms with Gasteiger partial charge in [-0.1, -0.05) is 12.1 Å². The van der Waals surface area contributed by atoms with Crippen LogP contribution in [0, 0.1) is 5.82 Å². The molecule has 0 bridgehead atoms. The molecule has 146 valence electrons. The first-order chi connectivity index (χ1) is 13.0. The summed E-state index contributed by atoms with van der Waals surface area (Å²) in [5.74, 6) is -0.897. The number of thiazole rings is 1. The third kappa shape index (κ3) is 6.73. The lowest BCUT2D eigenvalue weighted by Gasteiger charge is -2.21. The quantitative estimate of drug-likeness (QED) is 0.458. The van der Waals surface area contributed by atoms with E-state index in [0.29, 0.717) is 31.1 Å². The van der Waals surface area contributed by atoms with E-state index in [9.17, 15) is 14.0 Å². The Balaban J connectivity index is 2.05. The number of aromatic nitrogens is 1. The normalized spacial score (nSPS) is 10.6. The molecule has 1 aromatic heterocycles. The molecule has 0 fully saturated rings. The zero-order valence-corrected chi connectivity index (χ0v) is 16.3. The van der Waals surface area contributed by atoms with E-state index in [2.05, 4.69) is 4.98 Å². The van der Waals surface area contributed by atoms with E-state index in [1.807, 2.05) is 0 Å². The lowest BCUT2D eigenvalue weighted by molar-refractivity contribution is -0.131. The molecule has 0 atom stereocenters. The molecule has 2 aromatic rings. The molecule has 2 rings (SSSR count). The van der Waals surface area contributed by atoms with Crippen LogP contribution in [0.2, 0.25) is 0 Å². The van der Waals surface area contributed by atoms with Crippen molar-refractivity contribution >= 4 is 23.2 Å². The maximum absolute atomic E-state index is 13.0. The van der Waals surface area contributed by atoms with E-state index in [1.165, 1.54) is 23.5 Å². The molecule has 0 aliphatic heterocycles. The van der Waals surface area contributed by atoms with Crippen molar-refractivity contribution < 1.29 is 23.5 Å². The van der Waals surface area contributed by atoms with Crippen LogP contribution in [0.25, 0.3) is 0 Å². The molecular weight excluding hydrogens is 371 g/mol. The summed E-state index contributed by atoms with van der Waals surface area (Å²) in [4.78, 5) is 30.4. The van der Waals surface area contributed by atoms with Crippen molar-refractivity contribution in [2.24, 2.45) is 0 Å². The Bertz CT molecular complexity index is 748. The van der Waals surface area contributed by atoms with Crippen LogP contribution in [-0.4, -0.2) is 48.6 Å². The van der Waals surface area contributed by atoms with Gasteiger partial charge in [-0.2, -0.15) is 0 Å². The third-order valence-electron chi connectivity index (χ3n) is 3.76. The fourth-order valence-corrected chi connectivity index (χ4v) is 3.20. The van der Waals surface area contributed by atoms with Crippen LogP contribution in [0.3, 0.4) is 0 Å². The van der Waals surface area contributed by atoms with Crippen molar-refractivity contribution in [3.63, 3.8) is 0 Å². The third-order valence-corrected chi connectivity index (χ3v) is 4.59. The van der Waals surface area contributed by atoms with Gasteiger partial charge in [-0.3, -0.25) is 4.79 Å². The second-order valence-electron chi connectivity index (χ2n) is 5.81. The van der Waals surface area contributed by atoms with Gasteiger partial charge in [-0.05, 0) is 31.0 Å². The lowest BCUT2D eigenvalue weighted by atomic mass is 10.1. The Morgan fingerprint density at radius 2 is 2.00 bits per heavy atom. The number of esters is 1. The number of hydrogen-bond acceptors (Lipinski definition) is 6. The average Bonchev–Trinajstić information content (AvgIpc) is 3.12. The van der Waals surface area contributed by atoms with Crippen LogP contribution < -0.4 is 0 Å². The zero-order chi connectivity index (χ0) is 19.6. The second-order valence-corrected chi connectivity index (χ2v) is 6.75. The molecular formula is C19H23FN2O4S. The Kier molecular flexibility index (Phi) is 8.35. The van der Waals surface area contributed by atoms with E-state index >= 15 is 0 Å². The number of methoxy groups -OCH3 is 1. The largest absolute Gasteiger partial charge is 0.461 e. The maximum atomic E-state index is 13.0. The first-order valence-corrected chi connectivity index (χ1v) is 9.54. The van der Waals surface area contributed by atoms with Gasteiger partial charge in [-0.15, -0.1) is 11.3 Å². The minimum Gasteiger partial charge on any atom is -0.461 e. The topological polar surface area (TPSA) is 68.7 Å². The molecule has 1 aromatic carbocycles. The summed E-state index contributed by atoms with van der Waals surface area (Å²) in [6.07, 6.45) is 0.852. The highest BCUT2D eigenvalue weighted by Gasteiger charge is 2.18. The standard InChI is InChI=1S/C19H23FN2O4S/c1-3-26-19(24)16-13-27-17(21-16)12-22(9-4-10-25-2)18(23)11-14-5-7-15(20)8-6-14/h5-8,13H,3-4,9-12H2,1-2H3. The van der Waals surface area contributed by atoms with E-state index in [1.54, 1.807) is 36.4 Å². The maximum Gasteiger partial charge on any atom is 0.357 e. The number of amides is 1. The van der Waals surface area contributed by atoms with Crippen molar-refractivity contribution in [3.05, 3.63) is 51.7 Å². The van der Waals surface area contributed by atoms with Gasteiger partial charge in [0.25, 0.3) is 0 Å². The number of halogens is 1. The van der Waals surface area contributed by atoms with E-state index in [0.717, 1.165) is 5.56 Å². The smallest absolute Gasteiger partial charge is 0.357 e. The van der Waals surface area contributed by atoms with Crippen molar-refractivity contribution in [2.75, 3.05) is 26.9 Å². The van der Waals surface area contributed by atoms with Crippen LogP contribution in [0.1, 0.15) is 34.4 Å². The molecule has 0 saturated carbocycles. The number of nitrogens with zero attached hydrogens (tertiary/aromatic N) is 2. The Labute approximate surface area is 161 Å². The fourth-order valence-electron chi connectivity index (χ4n) is 2.43. The molecule has 0 aliphatic carbocycles. The van der Waals surface area contributed by atoms with Gasteiger partial charge < -0.3 is 14.4 Å². The lowest BCUT2D eigenvalue weighted by Crippen LogP contribution is -2.33. The van der Waals surface area contributed by atoms with Gasteiger partial charge in [0.15, 0.2) is 5.69 Å². The summed E-state index contributed by atoms with van der Waals surface area (Å²) in [5, 5.41) is 2.29. The molecule has 1 amide bonds. The highest BCUT2D eigenvalue weighted by atomic mass is 32.1. The SMILES string of the molecule is CCOC(=O)c1csc(CN(CCCOC)C(=O)Cc2ccc(F)cc2)n1. The number of ether oxygens (including phenoxy) is 2. The van der Waals surface area contributed by atoms with E-state index < -0.39 is 5.97 Å². The average molecular weight is 394 g/mol. The predicted molar refractivity (Wildman–Crippen MR) is 100 cm³/mol. The van der Waals surface area contributed by atoms with Crippen LogP contribution in [0.15, 0.2) is 29.6 Å². The van der Waals surface area contributed by atoms with Crippen LogP contribution in [-0.2, 0) is 27.2 Å². The molecule has 0 saturated heterocycles. The van der Waals surface area contributed by atoms with Gasteiger partial charge >= 0.3 is 5.97 Å². The minimum absolute atomic E-state index is 0.0920. The molecule has 0 unspecified atom stereocenters. The summed E-state index contributed by atoms with van der Waals surface area (Å²) < 4.78 is 23.0. The number of rotatable bonds is 10. The molecule has 0 spiro atoms. The fraction of sp³-hybridized carbons (Fsp3) is 0.421. The Morgan fingerprint density at radius 1 is 1.26 bits per heavy atom. The summed E-state index contributed by atoms with van der Waals surface area (Å²) in [6.45, 7) is 3.35. The zero-order valence-electron chi connectivity index (χ0n) is 15.4. The van der Waals surface area contributed by atoms with Crippen molar-refractivity contribution in [3.8, 4) is 0 Å². The van der Waals surface area contributed by atoms with Gasteiger partial charge in [0.2, 0.25) is 5.91 Å². The Hall–Kier alpha value is -2.32. The number of carbonyl (C=O) groups is 2. The van der Waals surface area contributed by atoms with E-state index in [4.69, 9.17) is 9.47 Å². The van der Waals surface area contributed by atoms with Gasteiger partial charge in [-0.25, -0.2) is 14.2 Å². The van der Waals surface area contributed by atoms with E-state index in [-0.39, 0.29) is 30.4 Å². The Morgan fingerprint density at radius 3 is 2.67 bits per heavy atom. The van der Waals surface area contributed by atoms with Crippen LogP contribution in [0.5, 0.6) is 0 Å². The first kappa shape index (κ1) is 21.0. The van der Waals surface area contributed by atoms with Crippen LogP contribution in [0.4, 0.5) is 4.39 Å². The summed E-state index contributed by atoms with van der Waals surface area (Å²) >= 11 is 1.31. The van der Waals surface area contributed by atoms with Gasteiger partial charge in [0.05, 0.1) is 19.6 Å². The van der Waals surface area contributed by atoms with Crippen molar-refractivity contribution in [2.45, 2.75) is 26.3 Å². The first-order valence-electron chi connectivity index (χ1n) is 8.66. The number of hydrogen-bond donors (Lipinski definition) is 0. The van der Waals surface area contributed by atoms with Crippen molar-refractivity contribution in [1.82, 2.24) is 9.88 Å². The van der Waals surface area contributed by atoms with Gasteiger partial charge in [0.1, 0.15) is 10.8 Å². The highest BCUT2D eigenvalue weighted by molar-refractivity contribution is 7.09.